The van der Waals surface area contributed by atoms with Gasteiger partial charge in [-0.15, -0.1) is 11.3 Å². The Morgan fingerprint density at radius 3 is 2.67 bits per heavy atom. The van der Waals surface area contributed by atoms with Gasteiger partial charge in [0.05, 0.1) is 21.6 Å². The van der Waals surface area contributed by atoms with E-state index in [0.717, 1.165) is 39.4 Å². The van der Waals surface area contributed by atoms with Crippen LogP contribution in [0.25, 0.3) is 20.8 Å². The van der Waals surface area contributed by atoms with Crippen molar-refractivity contribution in [3.8, 4) is 10.6 Å². The summed E-state index contributed by atoms with van der Waals surface area (Å²) in [6, 6.07) is 20.6. The molecule has 0 saturated heterocycles. The zero-order valence-electron chi connectivity index (χ0n) is 19.2. The number of aliphatic imine (C=N–C) groups is 1. The van der Waals surface area contributed by atoms with E-state index in [2.05, 4.69) is 52.0 Å². The van der Waals surface area contributed by atoms with Gasteiger partial charge >= 0.3 is 0 Å². The highest BCUT2D eigenvalue weighted by Crippen LogP contribution is 2.48. The molecule has 164 valence electrons. The van der Waals surface area contributed by atoms with E-state index in [1.165, 1.54) is 15.8 Å². The van der Waals surface area contributed by atoms with Gasteiger partial charge in [0.15, 0.2) is 0 Å². The van der Waals surface area contributed by atoms with Gasteiger partial charge in [0.1, 0.15) is 10.7 Å². The highest BCUT2D eigenvalue weighted by Gasteiger charge is 2.47. The molecule has 1 aromatic heterocycles. The third-order valence-corrected chi connectivity index (χ3v) is 7.86. The molecule has 33 heavy (non-hydrogen) atoms. The molecule has 1 atom stereocenters. The molecule has 3 aromatic carbocycles. The summed E-state index contributed by atoms with van der Waals surface area (Å²) in [4.78, 5) is 25.1. The van der Waals surface area contributed by atoms with Crippen LogP contribution in [0.2, 0.25) is 0 Å². The SMILES string of the molecule is Cc1ccc2nc(-c3ccc(N=C4C(=O)N5c6c4cccc6[C@H](C)CC5(C)C)cc3)sc2c1. The van der Waals surface area contributed by atoms with Crippen molar-refractivity contribution in [2.45, 2.75) is 45.6 Å². The van der Waals surface area contributed by atoms with Gasteiger partial charge in [0.2, 0.25) is 0 Å². The fourth-order valence-corrected chi connectivity index (χ4v) is 6.39. The molecule has 2 aliphatic heterocycles. The molecular weight excluding hydrogens is 426 g/mol. The quantitative estimate of drug-likeness (QED) is 0.329. The maximum atomic E-state index is 13.5. The summed E-state index contributed by atoms with van der Waals surface area (Å²) < 4.78 is 1.20. The molecule has 2 aliphatic rings. The minimum absolute atomic E-state index is 0.0000283. The number of amides is 1. The van der Waals surface area contributed by atoms with Crippen molar-refractivity contribution in [1.29, 1.82) is 0 Å². The maximum absolute atomic E-state index is 13.5. The van der Waals surface area contributed by atoms with E-state index >= 15 is 0 Å². The number of anilines is 1. The van der Waals surface area contributed by atoms with E-state index in [1.54, 1.807) is 11.3 Å². The van der Waals surface area contributed by atoms with Gasteiger partial charge in [-0.25, -0.2) is 9.98 Å². The normalized spacial score (nSPS) is 20.0. The molecule has 0 saturated carbocycles. The monoisotopic (exact) mass is 451 g/mol. The number of rotatable bonds is 2. The summed E-state index contributed by atoms with van der Waals surface area (Å²) >= 11 is 1.70. The molecule has 4 aromatic rings. The number of fused-ring (bicyclic) bond motifs is 1. The largest absolute Gasteiger partial charge is 0.300 e. The van der Waals surface area contributed by atoms with Crippen LogP contribution in [0.15, 0.2) is 65.7 Å². The Hall–Kier alpha value is -3.31. The fraction of sp³-hybridized carbons (Fsp3) is 0.250. The Bertz CT molecular complexity index is 1460. The van der Waals surface area contributed by atoms with E-state index in [0.29, 0.717) is 11.6 Å². The molecular formula is C28H25N3OS. The number of hydrogen-bond acceptors (Lipinski definition) is 4. The Labute approximate surface area is 197 Å². The lowest BCUT2D eigenvalue weighted by Crippen LogP contribution is -2.50. The van der Waals surface area contributed by atoms with Crippen LogP contribution in [0.5, 0.6) is 0 Å². The van der Waals surface area contributed by atoms with Crippen LogP contribution in [0.4, 0.5) is 11.4 Å². The smallest absolute Gasteiger partial charge is 0.278 e. The topological polar surface area (TPSA) is 45.6 Å². The van der Waals surface area contributed by atoms with Crippen LogP contribution in [-0.2, 0) is 4.79 Å². The zero-order chi connectivity index (χ0) is 22.9. The highest BCUT2D eigenvalue weighted by molar-refractivity contribution is 7.21. The van der Waals surface area contributed by atoms with Crippen molar-refractivity contribution in [3.63, 3.8) is 0 Å². The maximum Gasteiger partial charge on any atom is 0.278 e. The second-order valence-corrected chi connectivity index (χ2v) is 10.8. The average molecular weight is 452 g/mol. The Morgan fingerprint density at radius 1 is 1.09 bits per heavy atom. The summed E-state index contributed by atoms with van der Waals surface area (Å²) in [5, 5.41) is 0.995. The Kier molecular flexibility index (Phi) is 4.36. The minimum atomic E-state index is -0.230. The summed E-state index contributed by atoms with van der Waals surface area (Å²) in [6.07, 6.45) is 0.943. The lowest BCUT2D eigenvalue weighted by atomic mass is 9.80. The fourth-order valence-electron chi connectivity index (χ4n) is 5.32. The molecule has 0 spiro atoms. The van der Waals surface area contributed by atoms with E-state index in [9.17, 15) is 4.79 Å². The second-order valence-electron chi connectivity index (χ2n) is 9.80. The standard InChI is InChI=1S/C28H25N3OS/c1-16-8-13-22-23(14-16)33-26(30-22)18-9-11-19(12-10-18)29-24-21-7-5-6-20-17(2)15-28(3,4)31(25(20)21)27(24)32/h5-14,17H,15H2,1-4H3/t17-/m1/s1. The summed E-state index contributed by atoms with van der Waals surface area (Å²) in [6.45, 7) is 8.65. The van der Waals surface area contributed by atoms with Crippen LogP contribution in [0.1, 0.15) is 49.8 Å². The minimum Gasteiger partial charge on any atom is -0.300 e. The zero-order valence-corrected chi connectivity index (χ0v) is 20.0. The van der Waals surface area contributed by atoms with E-state index < -0.39 is 0 Å². The van der Waals surface area contributed by atoms with Crippen molar-refractivity contribution in [1.82, 2.24) is 4.98 Å². The second kappa shape index (κ2) is 7.09. The third kappa shape index (κ3) is 3.14. The van der Waals surface area contributed by atoms with Crippen LogP contribution < -0.4 is 4.90 Å². The third-order valence-electron chi connectivity index (χ3n) is 6.79. The highest BCUT2D eigenvalue weighted by atomic mass is 32.1. The van der Waals surface area contributed by atoms with E-state index in [4.69, 9.17) is 9.98 Å². The average Bonchev–Trinajstić information content (AvgIpc) is 3.32. The molecule has 0 unspecified atom stereocenters. The van der Waals surface area contributed by atoms with Gasteiger partial charge in [-0.2, -0.15) is 0 Å². The number of aryl methyl sites for hydroxylation is 1. The summed E-state index contributed by atoms with van der Waals surface area (Å²) in [5.41, 5.74) is 7.65. The van der Waals surface area contributed by atoms with Crippen LogP contribution in [0.3, 0.4) is 0 Å². The van der Waals surface area contributed by atoms with Gasteiger partial charge < -0.3 is 4.90 Å². The molecule has 0 fully saturated rings. The first-order valence-electron chi connectivity index (χ1n) is 11.4. The van der Waals surface area contributed by atoms with Crippen molar-refractivity contribution in [2.75, 3.05) is 4.90 Å². The lowest BCUT2D eigenvalue weighted by Gasteiger charge is -2.43. The number of hydrogen-bond donors (Lipinski definition) is 0. The van der Waals surface area contributed by atoms with Crippen molar-refractivity contribution in [3.05, 3.63) is 77.4 Å². The molecule has 3 heterocycles. The lowest BCUT2D eigenvalue weighted by molar-refractivity contribution is -0.113. The molecule has 1 amide bonds. The number of carbonyl (C=O) groups is 1. The van der Waals surface area contributed by atoms with Crippen LogP contribution in [-0.4, -0.2) is 22.1 Å². The van der Waals surface area contributed by atoms with Gasteiger partial charge in [-0.3, -0.25) is 4.79 Å². The van der Waals surface area contributed by atoms with E-state index in [1.807, 2.05) is 41.3 Å². The summed E-state index contributed by atoms with van der Waals surface area (Å²) in [5.74, 6) is 0.412. The number of carbonyl (C=O) groups excluding carboxylic acids is 1. The number of para-hydroxylation sites is 1. The van der Waals surface area contributed by atoms with Gasteiger partial charge in [0.25, 0.3) is 5.91 Å². The molecule has 0 bridgehead atoms. The Balaban J connectivity index is 1.39. The van der Waals surface area contributed by atoms with Crippen molar-refractivity contribution in [2.24, 2.45) is 4.99 Å². The van der Waals surface area contributed by atoms with Gasteiger partial charge in [-0.05, 0) is 80.6 Å². The molecule has 6 rings (SSSR count). The molecule has 4 nitrogen and oxygen atoms in total. The van der Waals surface area contributed by atoms with E-state index in [-0.39, 0.29) is 11.4 Å². The first kappa shape index (κ1) is 20.3. The van der Waals surface area contributed by atoms with Crippen LogP contribution >= 0.6 is 11.3 Å². The predicted octanol–water partition coefficient (Wildman–Crippen LogP) is 7.02. The first-order chi connectivity index (χ1) is 15.8. The molecule has 0 radical (unpaired) electrons. The molecule has 0 aliphatic carbocycles. The molecule has 0 N–H and O–H groups in total. The van der Waals surface area contributed by atoms with Crippen LogP contribution in [0, 0.1) is 6.92 Å². The Morgan fingerprint density at radius 2 is 1.88 bits per heavy atom. The number of nitrogens with zero attached hydrogens (tertiary/aromatic N) is 3. The molecule has 5 heteroatoms. The van der Waals surface area contributed by atoms with Gasteiger partial charge in [0, 0.05) is 16.7 Å². The van der Waals surface area contributed by atoms with Crippen molar-refractivity contribution >= 4 is 44.5 Å². The number of benzene rings is 3. The van der Waals surface area contributed by atoms with Crippen molar-refractivity contribution < 1.29 is 4.79 Å². The predicted molar refractivity (Wildman–Crippen MR) is 137 cm³/mol. The number of thiazole rings is 1. The number of aromatic nitrogens is 1. The van der Waals surface area contributed by atoms with Gasteiger partial charge in [-0.1, -0.05) is 31.2 Å². The summed E-state index contributed by atoms with van der Waals surface area (Å²) in [7, 11) is 0. The first-order valence-corrected chi connectivity index (χ1v) is 12.2.